The molecule has 1 saturated heterocycles. The average Bonchev–Trinajstić information content (AvgIpc) is 3.39. The Bertz CT molecular complexity index is 1650. The summed E-state index contributed by atoms with van der Waals surface area (Å²) in [5, 5.41) is 14.5. The van der Waals surface area contributed by atoms with Crippen LogP contribution in [0, 0.1) is 19.7 Å². The fourth-order valence-corrected chi connectivity index (χ4v) is 5.56. The van der Waals surface area contributed by atoms with Crippen molar-refractivity contribution in [3.05, 3.63) is 82.3 Å². The monoisotopic (exact) mass is 555 g/mol. The molecular formula is C30H30FN7OS. The van der Waals surface area contributed by atoms with Crippen LogP contribution in [0.3, 0.4) is 0 Å². The number of halogens is 1. The lowest BCUT2D eigenvalue weighted by molar-refractivity contribution is 0.466. The van der Waals surface area contributed by atoms with E-state index < -0.39 is 0 Å². The topological polar surface area (TPSA) is 96.9 Å². The van der Waals surface area contributed by atoms with Gasteiger partial charge in [-0.15, -0.1) is 11.3 Å². The highest BCUT2D eigenvalue weighted by Gasteiger charge is 2.18. The average molecular weight is 556 g/mol. The van der Waals surface area contributed by atoms with Crippen LogP contribution in [0.1, 0.15) is 29.1 Å². The van der Waals surface area contributed by atoms with Gasteiger partial charge in [-0.3, -0.25) is 0 Å². The van der Waals surface area contributed by atoms with Crippen molar-refractivity contribution in [1.82, 2.24) is 25.3 Å². The van der Waals surface area contributed by atoms with Crippen molar-refractivity contribution in [2.75, 3.05) is 23.7 Å². The second-order valence-corrected chi connectivity index (χ2v) is 10.9. The minimum atomic E-state index is -0.332. The van der Waals surface area contributed by atoms with Gasteiger partial charge in [0, 0.05) is 41.1 Å². The van der Waals surface area contributed by atoms with E-state index in [0.717, 1.165) is 58.5 Å². The fraction of sp³-hybridized carbons (Fsp3) is 0.267. The lowest BCUT2D eigenvalue weighted by Crippen LogP contribution is -2.38. The summed E-state index contributed by atoms with van der Waals surface area (Å²) < 4.78 is 21.5. The van der Waals surface area contributed by atoms with E-state index >= 15 is 4.39 Å². The molecule has 8 nitrogen and oxygen atoms in total. The molecule has 1 aliphatic rings. The van der Waals surface area contributed by atoms with E-state index in [1.165, 1.54) is 6.07 Å². The fourth-order valence-electron chi connectivity index (χ4n) is 4.94. The number of ether oxygens (including phenoxy) is 1. The van der Waals surface area contributed by atoms with Gasteiger partial charge < -0.3 is 20.7 Å². The molecule has 1 aliphatic heterocycles. The van der Waals surface area contributed by atoms with Gasteiger partial charge in [-0.05, 0) is 69.1 Å². The van der Waals surface area contributed by atoms with E-state index in [0.29, 0.717) is 35.5 Å². The van der Waals surface area contributed by atoms with Crippen molar-refractivity contribution in [2.24, 2.45) is 0 Å². The zero-order chi connectivity index (χ0) is 27.5. The second-order valence-electron chi connectivity index (χ2n) is 9.85. The van der Waals surface area contributed by atoms with Gasteiger partial charge in [0.25, 0.3) is 0 Å². The van der Waals surface area contributed by atoms with Gasteiger partial charge in [-0.2, -0.15) is 0 Å². The van der Waals surface area contributed by atoms with Crippen molar-refractivity contribution >= 4 is 33.7 Å². The third-order valence-electron chi connectivity index (χ3n) is 6.94. The predicted octanol–water partition coefficient (Wildman–Crippen LogP) is 6.47. The molecule has 3 N–H and O–H groups in total. The molecule has 0 saturated carbocycles. The molecule has 6 rings (SSSR count). The van der Waals surface area contributed by atoms with Crippen LogP contribution in [0.25, 0.3) is 22.0 Å². The highest BCUT2D eigenvalue weighted by molar-refractivity contribution is 7.09. The third kappa shape index (κ3) is 5.59. The first kappa shape index (κ1) is 26.1. The summed E-state index contributed by atoms with van der Waals surface area (Å²) >= 11 is 1.57. The van der Waals surface area contributed by atoms with Crippen molar-refractivity contribution in [2.45, 2.75) is 39.3 Å². The molecule has 0 bridgehead atoms. The van der Waals surface area contributed by atoms with Gasteiger partial charge in [0.2, 0.25) is 11.8 Å². The Labute approximate surface area is 236 Å². The molecule has 0 amide bonds. The lowest BCUT2D eigenvalue weighted by Gasteiger charge is -2.23. The number of pyridine rings is 1. The van der Waals surface area contributed by atoms with Gasteiger partial charge >= 0.3 is 0 Å². The molecule has 0 unspecified atom stereocenters. The lowest BCUT2D eigenvalue weighted by atomic mass is 10.0. The largest absolute Gasteiger partial charge is 0.437 e. The van der Waals surface area contributed by atoms with Gasteiger partial charge in [-0.25, -0.2) is 24.3 Å². The van der Waals surface area contributed by atoms with E-state index in [9.17, 15) is 0 Å². The van der Waals surface area contributed by atoms with Crippen LogP contribution in [-0.2, 0) is 6.54 Å². The van der Waals surface area contributed by atoms with Crippen molar-refractivity contribution < 1.29 is 9.13 Å². The Hall–Kier alpha value is -4.15. The summed E-state index contributed by atoms with van der Waals surface area (Å²) in [5.41, 5.74) is 3.64. The first-order valence-electron chi connectivity index (χ1n) is 13.4. The molecule has 4 heterocycles. The number of fused-ring (bicyclic) bond motifs is 1. The quantitative estimate of drug-likeness (QED) is 0.200. The van der Waals surface area contributed by atoms with E-state index in [2.05, 4.69) is 30.9 Å². The van der Waals surface area contributed by atoms with Crippen molar-refractivity contribution in [3.63, 3.8) is 0 Å². The van der Waals surface area contributed by atoms with Crippen LogP contribution in [0.5, 0.6) is 11.6 Å². The van der Waals surface area contributed by atoms with Crippen LogP contribution in [0.2, 0.25) is 0 Å². The maximum Gasteiger partial charge on any atom is 0.228 e. The normalized spacial score (nSPS) is 15.2. The molecule has 3 aromatic heterocycles. The molecule has 5 aromatic rings. The molecule has 10 heteroatoms. The summed E-state index contributed by atoms with van der Waals surface area (Å²) in [6.45, 7) is 6.28. The summed E-state index contributed by atoms with van der Waals surface area (Å²) in [7, 11) is 0. The Morgan fingerprint density at radius 1 is 1.05 bits per heavy atom. The highest BCUT2D eigenvalue weighted by Crippen LogP contribution is 2.39. The Morgan fingerprint density at radius 2 is 1.95 bits per heavy atom. The van der Waals surface area contributed by atoms with Gasteiger partial charge in [0.05, 0.1) is 34.2 Å². The number of nitrogens with zero attached hydrogens (tertiary/aromatic N) is 4. The number of rotatable bonds is 8. The number of thiazole rings is 1. The predicted molar refractivity (Wildman–Crippen MR) is 158 cm³/mol. The number of piperidine rings is 1. The molecule has 2 aromatic carbocycles. The first-order valence-corrected chi connectivity index (χ1v) is 14.2. The van der Waals surface area contributed by atoms with Gasteiger partial charge in [-0.1, -0.05) is 12.1 Å². The van der Waals surface area contributed by atoms with E-state index in [4.69, 9.17) is 9.72 Å². The third-order valence-corrected chi connectivity index (χ3v) is 7.76. The second kappa shape index (κ2) is 11.5. The van der Waals surface area contributed by atoms with Crippen LogP contribution in [0.15, 0.2) is 60.2 Å². The smallest absolute Gasteiger partial charge is 0.228 e. The zero-order valence-corrected chi connectivity index (χ0v) is 23.2. The summed E-state index contributed by atoms with van der Waals surface area (Å²) in [4.78, 5) is 18.2. The standard InChI is InChI=1S/C30H30FN7OS/c1-18-7-8-22-23(9-10-25(31)27(22)35-16-21-17-40-19(2)36-21)28(18)39-29-24(6-4-13-33-29)26-11-14-34-30(38-26)37-20-5-3-12-32-15-20/h4,6-11,13-14,17,20,32,35H,3,5,12,15-16H2,1-2H3,(H,34,37,38)/t20-/m0/s1. The molecule has 1 atom stereocenters. The number of nitrogens with one attached hydrogen (secondary N) is 3. The molecule has 40 heavy (non-hydrogen) atoms. The summed E-state index contributed by atoms with van der Waals surface area (Å²) in [5.74, 6) is 1.27. The SMILES string of the molecule is Cc1nc(CNc2c(F)ccc3c(Oc4ncccc4-c4ccnc(N[C@H]5CCCNC5)n4)c(C)ccc23)cs1. The van der Waals surface area contributed by atoms with Gasteiger partial charge in [0.1, 0.15) is 11.6 Å². The number of aromatic nitrogens is 4. The van der Waals surface area contributed by atoms with Crippen LogP contribution in [-0.4, -0.2) is 39.1 Å². The minimum Gasteiger partial charge on any atom is -0.437 e. The van der Waals surface area contributed by atoms with E-state index in [1.807, 2.05) is 49.6 Å². The van der Waals surface area contributed by atoms with Crippen molar-refractivity contribution in [1.29, 1.82) is 0 Å². The zero-order valence-electron chi connectivity index (χ0n) is 22.4. The minimum absolute atomic E-state index is 0.287. The summed E-state index contributed by atoms with van der Waals surface area (Å²) in [6.07, 6.45) is 5.62. The molecule has 0 spiro atoms. The van der Waals surface area contributed by atoms with Crippen LogP contribution >= 0.6 is 11.3 Å². The van der Waals surface area contributed by atoms with E-state index in [-0.39, 0.29) is 11.9 Å². The molecule has 0 radical (unpaired) electrons. The van der Waals surface area contributed by atoms with Crippen LogP contribution in [0.4, 0.5) is 16.0 Å². The molecule has 1 fully saturated rings. The van der Waals surface area contributed by atoms with Crippen molar-refractivity contribution in [3.8, 4) is 22.9 Å². The number of benzene rings is 2. The Morgan fingerprint density at radius 3 is 2.77 bits per heavy atom. The number of aryl methyl sites for hydroxylation is 2. The maximum absolute atomic E-state index is 15.0. The molecule has 0 aliphatic carbocycles. The van der Waals surface area contributed by atoms with E-state index in [1.54, 1.807) is 29.8 Å². The maximum atomic E-state index is 15.0. The number of hydrogen-bond donors (Lipinski definition) is 3. The number of hydrogen-bond acceptors (Lipinski definition) is 9. The Kier molecular flexibility index (Phi) is 7.52. The van der Waals surface area contributed by atoms with Crippen LogP contribution < -0.4 is 20.7 Å². The first-order chi connectivity index (χ1) is 19.5. The number of anilines is 2. The molecule has 204 valence electrons. The Balaban J connectivity index is 1.32. The highest BCUT2D eigenvalue weighted by atomic mass is 32.1. The molecular weight excluding hydrogens is 525 g/mol. The summed E-state index contributed by atoms with van der Waals surface area (Å²) in [6, 6.07) is 13.0. The van der Waals surface area contributed by atoms with Gasteiger partial charge in [0.15, 0.2) is 0 Å².